The second kappa shape index (κ2) is 6.92. The molecule has 3 aromatic carbocycles. The van der Waals surface area contributed by atoms with Gasteiger partial charge in [0.1, 0.15) is 17.2 Å². The van der Waals surface area contributed by atoms with Crippen LogP contribution in [0.4, 0.5) is 0 Å². The van der Waals surface area contributed by atoms with Crippen LogP contribution >= 0.6 is 0 Å². The van der Waals surface area contributed by atoms with Crippen LogP contribution in [0.15, 0.2) is 59.7 Å². The highest BCUT2D eigenvalue weighted by Crippen LogP contribution is 2.26. The van der Waals surface area contributed by atoms with E-state index < -0.39 is 5.91 Å². The summed E-state index contributed by atoms with van der Waals surface area (Å²) in [6.07, 6.45) is 1.50. The van der Waals surface area contributed by atoms with Gasteiger partial charge in [0.05, 0.1) is 13.3 Å². The number of nitrogens with one attached hydrogen (secondary N) is 1. The molecule has 6 nitrogen and oxygen atoms in total. The number of nitrogens with zero attached hydrogens (tertiary/aromatic N) is 1. The van der Waals surface area contributed by atoms with E-state index in [-0.39, 0.29) is 17.1 Å². The van der Waals surface area contributed by atoms with E-state index in [2.05, 4.69) is 10.5 Å². The summed E-state index contributed by atoms with van der Waals surface area (Å²) in [5.74, 6) is -0.331. The van der Waals surface area contributed by atoms with Gasteiger partial charge in [-0.1, -0.05) is 30.3 Å². The number of phenols is 2. The SMILES string of the molecule is COc1ccc2ccccc2c1C=NNC(=O)c1cc(O)cc(O)c1. The second-order valence-corrected chi connectivity index (χ2v) is 5.34. The van der Waals surface area contributed by atoms with Crippen molar-refractivity contribution in [1.29, 1.82) is 0 Å². The highest BCUT2D eigenvalue weighted by Gasteiger charge is 2.09. The number of hydrogen-bond donors (Lipinski definition) is 3. The van der Waals surface area contributed by atoms with Crippen molar-refractivity contribution >= 4 is 22.9 Å². The third-order valence-electron chi connectivity index (χ3n) is 3.68. The van der Waals surface area contributed by atoms with E-state index >= 15 is 0 Å². The number of hydrazone groups is 1. The molecular formula is C19H16N2O4. The molecule has 3 rings (SSSR count). The Balaban J connectivity index is 1.87. The van der Waals surface area contributed by atoms with E-state index in [9.17, 15) is 15.0 Å². The Labute approximate surface area is 144 Å². The minimum atomic E-state index is -0.554. The lowest BCUT2D eigenvalue weighted by Gasteiger charge is -2.08. The largest absolute Gasteiger partial charge is 0.508 e. The first-order valence-corrected chi connectivity index (χ1v) is 7.50. The quantitative estimate of drug-likeness (QED) is 0.504. The number of rotatable bonds is 4. The van der Waals surface area contributed by atoms with Gasteiger partial charge < -0.3 is 14.9 Å². The van der Waals surface area contributed by atoms with Gasteiger partial charge in [0.25, 0.3) is 5.91 Å². The number of aromatic hydroxyl groups is 2. The smallest absolute Gasteiger partial charge is 0.271 e. The highest BCUT2D eigenvalue weighted by molar-refractivity contribution is 6.03. The Morgan fingerprint density at radius 3 is 2.52 bits per heavy atom. The molecule has 3 N–H and O–H groups in total. The summed E-state index contributed by atoms with van der Waals surface area (Å²) in [5.41, 5.74) is 3.20. The summed E-state index contributed by atoms with van der Waals surface area (Å²) < 4.78 is 5.36. The van der Waals surface area contributed by atoms with E-state index in [4.69, 9.17) is 4.74 Å². The van der Waals surface area contributed by atoms with Crippen LogP contribution in [-0.4, -0.2) is 29.4 Å². The maximum Gasteiger partial charge on any atom is 0.271 e. The summed E-state index contributed by atoms with van der Waals surface area (Å²) in [4.78, 5) is 12.1. The molecule has 0 aliphatic rings. The summed E-state index contributed by atoms with van der Waals surface area (Å²) in [7, 11) is 1.57. The molecule has 0 aromatic heterocycles. The predicted octanol–water partition coefficient (Wildman–Crippen LogP) is 3.02. The van der Waals surface area contributed by atoms with Crippen molar-refractivity contribution in [2.24, 2.45) is 5.10 Å². The van der Waals surface area contributed by atoms with Gasteiger partial charge in [0, 0.05) is 17.2 Å². The first kappa shape index (κ1) is 16.3. The van der Waals surface area contributed by atoms with E-state index in [1.165, 1.54) is 18.3 Å². The number of fused-ring (bicyclic) bond motifs is 1. The Hall–Kier alpha value is -3.54. The van der Waals surface area contributed by atoms with Crippen molar-refractivity contribution in [1.82, 2.24) is 5.43 Å². The van der Waals surface area contributed by atoms with Gasteiger partial charge in [0.2, 0.25) is 0 Å². The van der Waals surface area contributed by atoms with Crippen LogP contribution in [0.5, 0.6) is 17.2 Å². The minimum absolute atomic E-state index is 0.0968. The first-order valence-electron chi connectivity index (χ1n) is 7.50. The van der Waals surface area contributed by atoms with Gasteiger partial charge in [-0.15, -0.1) is 0 Å². The molecule has 0 aliphatic heterocycles. The van der Waals surface area contributed by atoms with Crippen LogP contribution in [0, 0.1) is 0 Å². The number of phenolic OH excluding ortho intramolecular Hbond substituents is 2. The fraction of sp³-hybridized carbons (Fsp3) is 0.0526. The average Bonchev–Trinajstić information content (AvgIpc) is 2.60. The van der Waals surface area contributed by atoms with Crippen LogP contribution in [0.25, 0.3) is 10.8 Å². The standard InChI is InChI=1S/C19H16N2O4/c1-25-18-7-6-12-4-2-3-5-16(12)17(18)11-20-21-19(24)13-8-14(22)10-15(23)9-13/h2-11,22-23H,1H3,(H,21,24). The molecule has 126 valence electrons. The third kappa shape index (κ3) is 3.53. The lowest BCUT2D eigenvalue weighted by Crippen LogP contribution is -2.17. The average molecular weight is 336 g/mol. The maximum atomic E-state index is 12.1. The normalized spacial score (nSPS) is 10.9. The maximum absolute atomic E-state index is 12.1. The Kier molecular flexibility index (Phi) is 4.52. The second-order valence-electron chi connectivity index (χ2n) is 5.34. The predicted molar refractivity (Wildman–Crippen MR) is 95.3 cm³/mol. The first-order chi connectivity index (χ1) is 12.1. The third-order valence-corrected chi connectivity index (χ3v) is 3.68. The van der Waals surface area contributed by atoms with E-state index in [0.29, 0.717) is 5.75 Å². The highest BCUT2D eigenvalue weighted by atomic mass is 16.5. The van der Waals surface area contributed by atoms with Gasteiger partial charge in [-0.2, -0.15) is 5.10 Å². The van der Waals surface area contributed by atoms with Crippen molar-refractivity contribution in [2.45, 2.75) is 0 Å². The molecule has 1 amide bonds. The van der Waals surface area contributed by atoms with E-state index in [1.54, 1.807) is 7.11 Å². The van der Waals surface area contributed by atoms with Gasteiger partial charge in [-0.25, -0.2) is 5.43 Å². The molecule has 0 aliphatic carbocycles. The zero-order valence-electron chi connectivity index (χ0n) is 13.4. The molecule has 0 bridgehead atoms. The van der Waals surface area contributed by atoms with Crippen molar-refractivity contribution < 1.29 is 19.7 Å². The lowest BCUT2D eigenvalue weighted by atomic mass is 10.0. The lowest BCUT2D eigenvalue weighted by molar-refractivity contribution is 0.0954. The van der Waals surface area contributed by atoms with Crippen molar-refractivity contribution in [3.8, 4) is 17.2 Å². The number of hydrogen-bond acceptors (Lipinski definition) is 5. The number of amides is 1. The monoisotopic (exact) mass is 336 g/mol. The van der Waals surface area contributed by atoms with E-state index in [1.807, 2.05) is 36.4 Å². The molecule has 0 spiro atoms. The number of ether oxygens (including phenoxy) is 1. The van der Waals surface area contributed by atoms with Crippen LogP contribution in [-0.2, 0) is 0 Å². The Morgan fingerprint density at radius 1 is 1.08 bits per heavy atom. The molecule has 0 fully saturated rings. The van der Waals surface area contributed by atoms with Crippen molar-refractivity contribution in [2.75, 3.05) is 7.11 Å². The zero-order valence-corrected chi connectivity index (χ0v) is 13.4. The Morgan fingerprint density at radius 2 is 1.80 bits per heavy atom. The molecule has 0 saturated carbocycles. The minimum Gasteiger partial charge on any atom is -0.508 e. The molecule has 0 radical (unpaired) electrons. The van der Waals surface area contributed by atoms with E-state index in [0.717, 1.165) is 22.4 Å². The van der Waals surface area contributed by atoms with Crippen LogP contribution < -0.4 is 10.2 Å². The van der Waals surface area contributed by atoms with Gasteiger partial charge >= 0.3 is 0 Å². The van der Waals surface area contributed by atoms with Crippen molar-refractivity contribution in [3.05, 3.63) is 65.7 Å². The fourth-order valence-electron chi connectivity index (χ4n) is 2.53. The zero-order chi connectivity index (χ0) is 17.8. The van der Waals surface area contributed by atoms with Gasteiger partial charge in [0.15, 0.2) is 0 Å². The number of carbonyl (C=O) groups is 1. The fourth-order valence-corrected chi connectivity index (χ4v) is 2.53. The molecular weight excluding hydrogens is 320 g/mol. The van der Waals surface area contributed by atoms with Gasteiger partial charge in [-0.05, 0) is 29.0 Å². The van der Waals surface area contributed by atoms with Crippen LogP contribution in [0.1, 0.15) is 15.9 Å². The van der Waals surface area contributed by atoms with Crippen molar-refractivity contribution in [3.63, 3.8) is 0 Å². The molecule has 0 saturated heterocycles. The summed E-state index contributed by atoms with van der Waals surface area (Å²) in [6, 6.07) is 15.2. The summed E-state index contributed by atoms with van der Waals surface area (Å²) in [5, 5.41) is 24.8. The topological polar surface area (TPSA) is 91.2 Å². The summed E-state index contributed by atoms with van der Waals surface area (Å²) >= 11 is 0. The number of benzene rings is 3. The molecule has 6 heteroatoms. The van der Waals surface area contributed by atoms with Gasteiger partial charge in [-0.3, -0.25) is 4.79 Å². The number of carbonyl (C=O) groups excluding carboxylic acids is 1. The molecule has 25 heavy (non-hydrogen) atoms. The molecule has 0 unspecified atom stereocenters. The van der Waals surface area contributed by atoms with Crippen LogP contribution in [0.3, 0.4) is 0 Å². The number of methoxy groups -OCH3 is 1. The Bertz CT molecular complexity index is 947. The summed E-state index contributed by atoms with van der Waals surface area (Å²) in [6.45, 7) is 0. The molecule has 0 heterocycles. The molecule has 3 aromatic rings. The molecule has 0 atom stereocenters. The van der Waals surface area contributed by atoms with Crippen LogP contribution in [0.2, 0.25) is 0 Å².